The van der Waals surface area contributed by atoms with Crippen molar-refractivity contribution in [3.05, 3.63) is 12.4 Å². The van der Waals surface area contributed by atoms with Crippen LogP contribution in [0.2, 0.25) is 0 Å². The van der Waals surface area contributed by atoms with Gasteiger partial charge in [0.15, 0.2) is 5.78 Å². The molecule has 1 aromatic heterocycles. The minimum Gasteiger partial charge on any atom is -0.380 e. The van der Waals surface area contributed by atoms with Crippen LogP contribution in [0.15, 0.2) is 12.4 Å². The molecule has 0 spiro atoms. The number of carbonyl (C=O) groups is 2. The molecule has 0 aromatic carbocycles. The van der Waals surface area contributed by atoms with Gasteiger partial charge in [0.1, 0.15) is 11.5 Å². The fraction of sp³-hybridized carbons (Fsp3) is 0.500. The van der Waals surface area contributed by atoms with E-state index < -0.39 is 5.60 Å². The summed E-state index contributed by atoms with van der Waals surface area (Å²) in [6, 6.07) is 0. The number of Topliss-reactive ketones (excluding diaryl/α,β-unsaturated/α-hetero) is 1. The zero-order chi connectivity index (χ0) is 13.1. The number of rotatable bonds is 5. The van der Waals surface area contributed by atoms with Crippen LogP contribution in [-0.4, -0.2) is 38.1 Å². The maximum Gasteiger partial charge on any atom is 0.239 e. The van der Waals surface area contributed by atoms with Gasteiger partial charge in [-0.15, -0.1) is 11.6 Å². The maximum atomic E-state index is 11.1. The van der Waals surface area contributed by atoms with Gasteiger partial charge < -0.3 is 10.4 Å². The van der Waals surface area contributed by atoms with Crippen molar-refractivity contribution in [3.8, 4) is 0 Å². The Labute approximate surface area is 104 Å². The summed E-state index contributed by atoms with van der Waals surface area (Å²) in [4.78, 5) is 22.1. The normalized spacial score (nSPS) is 14.1. The van der Waals surface area contributed by atoms with E-state index in [0.717, 1.165) is 0 Å². The topological polar surface area (TPSA) is 84.2 Å². The van der Waals surface area contributed by atoms with Gasteiger partial charge in [-0.05, 0) is 13.8 Å². The van der Waals surface area contributed by atoms with Crippen molar-refractivity contribution in [1.29, 1.82) is 0 Å². The molecule has 0 saturated heterocycles. The number of aliphatic hydroxyl groups is 1. The molecule has 0 aliphatic rings. The number of halogens is 1. The van der Waals surface area contributed by atoms with Gasteiger partial charge in [0, 0.05) is 6.20 Å². The number of nitrogens with zero attached hydrogens (tertiary/aromatic N) is 2. The van der Waals surface area contributed by atoms with Crippen molar-refractivity contribution in [2.75, 3.05) is 11.2 Å². The summed E-state index contributed by atoms with van der Waals surface area (Å²) in [5, 5.41) is 16.2. The van der Waals surface area contributed by atoms with Crippen molar-refractivity contribution in [2.24, 2.45) is 0 Å². The number of hydrogen-bond donors (Lipinski definition) is 2. The second-order valence-corrected chi connectivity index (χ2v) is 4.21. The Morgan fingerprint density at radius 3 is 2.82 bits per heavy atom. The largest absolute Gasteiger partial charge is 0.380 e. The number of carbonyl (C=O) groups excluding carboxylic acids is 2. The molecule has 1 heterocycles. The van der Waals surface area contributed by atoms with E-state index in [9.17, 15) is 14.7 Å². The third-order valence-corrected chi connectivity index (χ3v) is 2.51. The molecular formula is C10H14ClN3O3. The van der Waals surface area contributed by atoms with Gasteiger partial charge in [-0.1, -0.05) is 0 Å². The third-order valence-electron chi connectivity index (χ3n) is 2.27. The van der Waals surface area contributed by atoms with Crippen molar-refractivity contribution >= 4 is 29.0 Å². The highest BCUT2D eigenvalue weighted by atomic mass is 35.5. The summed E-state index contributed by atoms with van der Waals surface area (Å²) in [5.74, 6) is -0.833. The molecular weight excluding hydrogens is 246 g/mol. The number of nitrogens with one attached hydrogen (secondary N) is 1. The van der Waals surface area contributed by atoms with Crippen LogP contribution in [0, 0.1) is 0 Å². The number of aromatic nitrogens is 2. The summed E-state index contributed by atoms with van der Waals surface area (Å²) in [7, 11) is 0. The van der Waals surface area contributed by atoms with E-state index in [2.05, 4.69) is 10.4 Å². The number of hydrogen-bond acceptors (Lipinski definition) is 4. The van der Waals surface area contributed by atoms with Gasteiger partial charge in [-0.3, -0.25) is 14.3 Å². The van der Waals surface area contributed by atoms with E-state index in [0.29, 0.717) is 5.69 Å². The SMILES string of the molecule is CC(=O)C(C)(O)Cn1cc(NC(=O)CCl)cn1. The van der Waals surface area contributed by atoms with Gasteiger partial charge in [0.25, 0.3) is 0 Å². The zero-order valence-electron chi connectivity index (χ0n) is 9.61. The predicted molar refractivity (Wildman–Crippen MR) is 62.9 cm³/mol. The summed E-state index contributed by atoms with van der Waals surface area (Å²) in [6.45, 7) is 2.74. The van der Waals surface area contributed by atoms with Gasteiger partial charge in [0.05, 0.1) is 18.4 Å². The first-order chi connectivity index (χ1) is 7.85. The lowest BCUT2D eigenvalue weighted by atomic mass is 10.0. The standard InChI is InChI=1S/C10H14ClN3O3/c1-7(15)10(2,17)6-14-5-8(4-12-14)13-9(16)3-11/h4-5,17H,3,6H2,1-2H3,(H,13,16). The lowest BCUT2D eigenvalue weighted by molar-refractivity contribution is -0.134. The lowest BCUT2D eigenvalue weighted by Crippen LogP contribution is -2.38. The van der Waals surface area contributed by atoms with Gasteiger partial charge in [0.2, 0.25) is 5.91 Å². The van der Waals surface area contributed by atoms with E-state index in [1.165, 1.54) is 30.9 Å². The summed E-state index contributed by atoms with van der Waals surface area (Å²) >= 11 is 5.33. The first-order valence-electron chi connectivity index (χ1n) is 4.97. The minimum atomic E-state index is -1.47. The molecule has 17 heavy (non-hydrogen) atoms. The Morgan fingerprint density at radius 2 is 2.29 bits per heavy atom. The van der Waals surface area contributed by atoms with Crippen LogP contribution >= 0.6 is 11.6 Å². The highest BCUT2D eigenvalue weighted by Gasteiger charge is 2.27. The summed E-state index contributed by atoms with van der Waals surface area (Å²) in [6.07, 6.45) is 2.93. The highest BCUT2D eigenvalue weighted by Crippen LogP contribution is 2.11. The molecule has 94 valence electrons. The number of ketones is 1. The molecule has 1 unspecified atom stereocenters. The quantitative estimate of drug-likeness (QED) is 0.750. The Hall–Kier alpha value is -1.40. The summed E-state index contributed by atoms with van der Waals surface area (Å²) in [5.41, 5.74) is -1.00. The van der Waals surface area contributed by atoms with Crippen molar-refractivity contribution in [2.45, 2.75) is 26.0 Å². The smallest absolute Gasteiger partial charge is 0.239 e. The fourth-order valence-electron chi connectivity index (χ4n) is 1.14. The van der Waals surface area contributed by atoms with E-state index in [1.807, 2.05) is 0 Å². The number of anilines is 1. The molecule has 1 atom stereocenters. The van der Waals surface area contributed by atoms with Crippen LogP contribution in [0.25, 0.3) is 0 Å². The van der Waals surface area contributed by atoms with Crippen LogP contribution in [0.3, 0.4) is 0 Å². The van der Waals surface area contributed by atoms with E-state index in [-0.39, 0.29) is 24.1 Å². The minimum absolute atomic E-state index is 0.0269. The molecule has 0 saturated carbocycles. The maximum absolute atomic E-state index is 11.1. The average molecular weight is 260 g/mol. The first kappa shape index (κ1) is 13.7. The third kappa shape index (κ3) is 3.83. The molecule has 1 rings (SSSR count). The molecule has 0 aliphatic carbocycles. The molecule has 2 N–H and O–H groups in total. The second kappa shape index (κ2) is 5.29. The zero-order valence-corrected chi connectivity index (χ0v) is 10.4. The van der Waals surface area contributed by atoms with Gasteiger partial charge in [-0.2, -0.15) is 5.10 Å². The molecule has 0 bridgehead atoms. The van der Waals surface area contributed by atoms with Crippen LogP contribution < -0.4 is 5.32 Å². The predicted octanol–water partition coefficient (Wildman–Crippen LogP) is 0.400. The Morgan fingerprint density at radius 1 is 1.65 bits per heavy atom. The molecule has 6 nitrogen and oxygen atoms in total. The van der Waals surface area contributed by atoms with E-state index >= 15 is 0 Å². The highest BCUT2D eigenvalue weighted by molar-refractivity contribution is 6.29. The van der Waals surface area contributed by atoms with E-state index in [1.54, 1.807) is 0 Å². The molecule has 7 heteroatoms. The monoisotopic (exact) mass is 259 g/mol. The number of amides is 1. The Kier molecular flexibility index (Phi) is 4.25. The van der Waals surface area contributed by atoms with Crippen LogP contribution in [-0.2, 0) is 16.1 Å². The lowest BCUT2D eigenvalue weighted by Gasteiger charge is -2.19. The Bertz CT molecular complexity index is 428. The van der Waals surface area contributed by atoms with Crippen molar-refractivity contribution in [1.82, 2.24) is 9.78 Å². The fourth-order valence-corrected chi connectivity index (χ4v) is 1.20. The van der Waals surface area contributed by atoms with Gasteiger partial charge >= 0.3 is 0 Å². The van der Waals surface area contributed by atoms with E-state index in [4.69, 9.17) is 11.6 Å². The van der Waals surface area contributed by atoms with Crippen molar-refractivity contribution < 1.29 is 14.7 Å². The molecule has 0 fully saturated rings. The molecule has 1 aromatic rings. The second-order valence-electron chi connectivity index (χ2n) is 3.94. The molecule has 0 radical (unpaired) electrons. The first-order valence-corrected chi connectivity index (χ1v) is 5.50. The molecule has 1 amide bonds. The average Bonchev–Trinajstić information content (AvgIpc) is 2.64. The summed E-state index contributed by atoms with van der Waals surface area (Å²) < 4.78 is 1.38. The van der Waals surface area contributed by atoms with Crippen LogP contribution in [0.1, 0.15) is 13.8 Å². The number of alkyl halides is 1. The van der Waals surface area contributed by atoms with Crippen LogP contribution in [0.5, 0.6) is 0 Å². The Balaban J connectivity index is 2.69. The molecule has 0 aliphatic heterocycles. The van der Waals surface area contributed by atoms with Gasteiger partial charge in [-0.25, -0.2) is 0 Å². The van der Waals surface area contributed by atoms with Crippen LogP contribution in [0.4, 0.5) is 5.69 Å². The van der Waals surface area contributed by atoms with Crippen molar-refractivity contribution in [3.63, 3.8) is 0 Å².